The number of H-pyrrole nitrogens is 1. The number of hydrogen-bond acceptors (Lipinski definition) is 4. The van der Waals surface area contributed by atoms with Gasteiger partial charge in [-0.05, 0) is 19.1 Å². The third-order valence-corrected chi connectivity index (χ3v) is 3.28. The molecule has 0 saturated heterocycles. The first-order valence-electron chi connectivity index (χ1n) is 6.35. The third-order valence-electron chi connectivity index (χ3n) is 3.28. The standard InChI is InChI=1S/C14H17N3O2/c1-9-3-10-4-13(18-2)11(5-14(10)19-9)6-15-12-7-16-17-8-12/h4-5,7-9,15H,3,6H2,1-2H3,(H,16,17). The fourth-order valence-electron chi connectivity index (χ4n) is 2.35. The molecule has 1 unspecified atom stereocenters. The number of nitrogens with one attached hydrogen (secondary N) is 2. The fraction of sp³-hybridized carbons (Fsp3) is 0.357. The highest BCUT2D eigenvalue weighted by molar-refractivity contribution is 5.50. The molecule has 0 fully saturated rings. The van der Waals surface area contributed by atoms with Crippen molar-refractivity contribution >= 4 is 5.69 Å². The van der Waals surface area contributed by atoms with E-state index in [1.165, 1.54) is 5.56 Å². The summed E-state index contributed by atoms with van der Waals surface area (Å²) in [5.41, 5.74) is 3.25. The van der Waals surface area contributed by atoms with Gasteiger partial charge in [-0.25, -0.2) is 0 Å². The molecule has 0 aliphatic carbocycles. The van der Waals surface area contributed by atoms with Crippen molar-refractivity contribution in [2.75, 3.05) is 12.4 Å². The molecule has 0 bridgehead atoms. The van der Waals surface area contributed by atoms with Crippen molar-refractivity contribution in [3.05, 3.63) is 35.7 Å². The van der Waals surface area contributed by atoms with Gasteiger partial charge in [0.05, 0.1) is 19.0 Å². The van der Waals surface area contributed by atoms with E-state index in [1.807, 2.05) is 6.20 Å². The van der Waals surface area contributed by atoms with Gasteiger partial charge in [-0.2, -0.15) is 5.10 Å². The van der Waals surface area contributed by atoms with Crippen molar-refractivity contribution in [3.8, 4) is 11.5 Å². The van der Waals surface area contributed by atoms with Gasteiger partial charge < -0.3 is 14.8 Å². The lowest BCUT2D eigenvalue weighted by atomic mass is 10.1. The van der Waals surface area contributed by atoms with Gasteiger partial charge in [-0.15, -0.1) is 0 Å². The van der Waals surface area contributed by atoms with Gasteiger partial charge in [0.1, 0.15) is 17.6 Å². The Bertz CT molecular complexity index is 566. The van der Waals surface area contributed by atoms with Crippen molar-refractivity contribution in [2.24, 2.45) is 0 Å². The Morgan fingerprint density at radius 2 is 2.42 bits per heavy atom. The van der Waals surface area contributed by atoms with Gasteiger partial charge in [0.25, 0.3) is 0 Å². The molecule has 19 heavy (non-hydrogen) atoms. The summed E-state index contributed by atoms with van der Waals surface area (Å²) in [5, 5.41) is 9.96. The molecule has 2 N–H and O–H groups in total. The van der Waals surface area contributed by atoms with Crippen molar-refractivity contribution in [2.45, 2.75) is 26.0 Å². The SMILES string of the molecule is COc1cc2c(cc1CNc1cn[nH]c1)OC(C)C2. The summed E-state index contributed by atoms with van der Waals surface area (Å²) >= 11 is 0. The number of fused-ring (bicyclic) bond motifs is 1. The zero-order valence-electron chi connectivity index (χ0n) is 11.1. The first-order valence-corrected chi connectivity index (χ1v) is 6.35. The monoisotopic (exact) mass is 259 g/mol. The van der Waals surface area contributed by atoms with Crippen molar-refractivity contribution < 1.29 is 9.47 Å². The topological polar surface area (TPSA) is 59.2 Å². The van der Waals surface area contributed by atoms with E-state index in [0.29, 0.717) is 6.54 Å². The summed E-state index contributed by atoms with van der Waals surface area (Å²) in [7, 11) is 1.70. The van der Waals surface area contributed by atoms with Crippen molar-refractivity contribution in [1.82, 2.24) is 10.2 Å². The Hall–Kier alpha value is -2.17. The second-order valence-electron chi connectivity index (χ2n) is 4.74. The molecule has 1 aliphatic rings. The van der Waals surface area contributed by atoms with Gasteiger partial charge >= 0.3 is 0 Å². The second kappa shape index (κ2) is 4.84. The average Bonchev–Trinajstić information content (AvgIpc) is 3.02. The number of anilines is 1. The number of benzene rings is 1. The van der Waals surface area contributed by atoms with Crippen LogP contribution < -0.4 is 14.8 Å². The van der Waals surface area contributed by atoms with Gasteiger partial charge in [0, 0.05) is 30.3 Å². The van der Waals surface area contributed by atoms with Gasteiger partial charge in [0.15, 0.2) is 0 Å². The van der Waals surface area contributed by atoms with E-state index in [9.17, 15) is 0 Å². The van der Waals surface area contributed by atoms with Crippen LogP contribution in [0.4, 0.5) is 5.69 Å². The lowest BCUT2D eigenvalue weighted by molar-refractivity contribution is 0.254. The van der Waals surface area contributed by atoms with E-state index in [2.05, 4.69) is 34.6 Å². The van der Waals surface area contributed by atoms with E-state index in [0.717, 1.165) is 29.2 Å². The number of nitrogens with zero attached hydrogens (tertiary/aromatic N) is 1. The number of methoxy groups -OCH3 is 1. The van der Waals surface area contributed by atoms with Crippen LogP contribution in [-0.4, -0.2) is 23.4 Å². The van der Waals surface area contributed by atoms with Crippen LogP contribution in [0.2, 0.25) is 0 Å². The molecule has 2 heterocycles. The van der Waals surface area contributed by atoms with Crippen molar-refractivity contribution in [3.63, 3.8) is 0 Å². The number of aromatic nitrogens is 2. The molecule has 1 aliphatic heterocycles. The van der Waals surface area contributed by atoms with Crippen LogP contribution >= 0.6 is 0 Å². The summed E-state index contributed by atoms with van der Waals surface area (Å²) in [6, 6.07) is 4.13. The van der Waals surface area contributed by atoms with Crippen LogP contribution in [0.25, 0.3) is 0 Å². The van der Waals surface area contributed by atoms with Gasteiger partial charge in [-0.1, -0.05) is 0 Å². The fourth-order valence-corrected chi connectivity index (χ4v) is 2.35. The zero-order chi connectivity index (χ0) is 13.2. The van der Waals surface area contributed by atoms with E-state index in [1.54, 1.807) is 13.3 Å². The van der Waals surface area contributed by atoms with Crippen LogP contribution in [0, 0.1) is 0 Å². The second-order valence-corrected chi connectivity index (χ2v) is 4.74. The molecule has 2 aromatic rings. The molecule has 3 rings (SSSR count). The predicted molar refractivity (Wildman–Crippen MR) is 72.7 cm³/mol. The molecule has 5 heteroatoms. The summed E-state index contributed by atoms with van der Waals surface area (Å²) in [6.45, 7) is 2.75. The average molecular weight is 259 g/mol. The highest BCUT2D eigenvalue weighted by Crippen LogP contribution is 2.35. The Morgan fingerprint density at radius 1 is 1.53 bits per heavy atom. The van der Waals surface area contributed by atoms with E-state index in [-0.39, 0.29) is 6.10 Å². The first-order chi connectivity index (χ1) is 9.26. The molecular weight excluding hydrogens is 242 g/mol. The quantitative estimate of drug-likeness (QED) is 0.885. The summed E-state index contributed by atoms with van der Waals surface area (Å²) < 4.78 is 11.2. The van der Waals surface area contributed by atoms with Crippen LogP contribution in [0.5, 0.6) is 11.5 Å². The largest absolute Gasteiger partial charge is 0.496 e. The normalized spacial score (nSPS) is 16.8. The Kier molecular flexibility index (Phi) is 3.03. The van der Waals surface area contributed by atoms with Gasteiger partial charge in [-0.3, -0.25) is 5.10 Å². The number of rotatable bonds is 4. The molecule has 1 aromatic heterocycles. The van der Waals surface area contributed by atoms with Crippen LogP contribution in [-0.2, 0) is 13.0 Å². The third kappa shape index (κ3) is 2.36. The Labute approximate surface area is 111 Å². The maximum atomic E-state index is 5.78. The highest BCUT2D eigenvalue weighted by atomic mass is 16.5. The van der Waals surface area contributed by atoms with Gasteiger partial charge in [0.2, 0.25) is 0 Å². The van der Waals surface area contributed by atoms with E-state index in [4.69, 9.17) is 9.47 Å². The zero-order valence-corrected chi connectivity index (χ0v) is 11.1. The highest BCUT2D eigenvalue weighted by Gasteiger charge is 2.21. The molecule has 0 spiro atoms. The summed E-state index contributed by atoms with van der Waals surface area (Å²) in [4.78, 5) is 0. The first kappa shape index (κ1) is 11.9. The summed E-state index contributed by atoms with van der Waals surface area (Å²) in [6.07, 6.45) is 4.76. The molecule has 1 atom stereocenters. The van der Waals surface area contributed by atoms with Crippen LogP contribution in [0.15, 0.2) is 24.5 Å². The Morgan fingerprint density at radius 3 is 3.16 bits per heavy atom. The Balaban J connectivity index is 1.82. The predicted octanol–water partition coefficient (Wildman–Crippen LogP) is 2.35. The molecule has 1 aromatic carbocycles. The lowest BCUT2D eigenvalue weighted by Gasteiger charge is -2.11. The van der Waals surface area contributed by atoms with E-state index < -0.39 is 0 Å². The molecule has 5 nitrogen and oxygen atoms in total. The number of ether oxygens (including phenoxy) is 2. The minimum absolute atomic E-state index is 0.247. The minimum Gasteiger partial charge on any atom is -0.496 e. The lowest BCUT2D eigenvalue weighted by Crippen LogP contribution is -2.05. The smallest absolute Gasteiger partial charge is 0.124 e. The molecule has 0 radical (unpaired) electrons. The van der Waals surface area contributed by atoms with E-state index >= 15 is 0 Å². The molecule has 0 saturated carbocycles. The van der Waals surface area contributed by atoms with Crippen molar-refractivity contribution in [1.29, 1.82) is 0 Å². The number of aromatic amines is 1. The maximum absolute atomic E-state index is 5.78. The number of hydrogen-bond donors (Lipinski definition) is 2. The maximum Gasteiger partial charge on any atom is 0.124 e. The molecule has 0 amide bonds. The minimum atomic E-state index is 0.247. The van der Waals surface area contributed by atoms with Crippen LogP contribution in [0.1, 0.15) is 18.1 Å². The van der Waals surface area contributed by atoms with Crippen LogP contribution in [0.3, 0.4) is 0 Å². The summed E-state index contributed by atoms with van der Waals surface area (Å²) in [5.74, 6) is 1.87. The molecule has 100 valence electrons. The molecular formula is C14H17N3O2.